The number of rotatable bonds is 4. The summed E-state index contributed by atoms with van der Waals surface area (Å²) in [5, 5.41) is 11.0. The van der Waals surface area contributed by atoms with Crippen molar-refractivity contribution in [2.24, 2.45) is 5.92 Å². The second kappa shape index (κ2) is 6.65. The molecule has 0 saturated carbocycles. The fraction of sp³-hybridized carbons (Fsp3) is 0.643. The third kappa shape index (κ3) is 3.66. The maximum absolute atomic E-state index is 11.6. The van der Waals surface area contributed by atoms with Gasteiger partial charge in [-0.1, -0.05) is 20.8 Å². The molecule has 0 unspecified atom stereocenters. The van der Waals surface area contributed by atoms with Crippen LogP contribution in [0.4, 0.5) is 11.6 Å². The van der Waals surface area contributed by atoms with Crippen molar-refractivity contribution in [3.05, 3.63) is 12.1 Å². The van der Waals surface area contributed by atoms with E-state index in [1.807, 2.05) is 26.0 Å². The van der Waals surface area contributed by atoms with Crippen molar-refractivity contribution in [3.63, 3.8) is 0 Å². The Morgan fingerprint density at radius 3 is 2.45 bits per heavy atom. The maximum Gasteiger partial charge on any atom is 0.228 e. The third-order valence-electron chi connectivity index (χ3n) is 3.57. The fourth-order valence-corrected chi connectivity index (χ4v) is 2.12. The summed E-state index contributed by atoms with van der Waals surface area (Å²) in [4.78, 5) is 16.2. The largest absolute Gasteiger partial charge is 0.353 e. The van der Waals surface area contributed by atoms with Crippen LogP contribution in [0, 0.1) is 5.92 Å². The summed E-state index contributed by atoms with van der Waals surface area (Å²) in [6.45, 7) is 11.0. The average Bonchev–Trinajstić information content (AvgIpc) is 2.48. The predicted octanol–water partition coefficient (Wildman–Crippen LogP) is 1.21. The molecule has 6 heteroatoms. The molecule has 2 rings (SSSR count). The van der Waals surface area contributed by atoms with Crippen molar-refractivity contribution < 1.29 is 4.79 Å². The molecule has 1 saturated heterocycles. The number of anilines is 2. The van der Waals surface area contributed by atoms with Crippen LogP contribution in [-0.4, -0.2) is 53.7 Å². The predicted molar refractivity (Wildman–Crippen MR) is 79.8 cm³/mol. The average molecular weight is 277 g/mol. The van der Waals surface area contributed by atoms with Crippen LogP contribution < -0.4 is 10.2 Å². The zero-order chi connectivity index (χ0) is 14.5. The standard InChI is InChI=1S/C14H23N5O/c1-4-18-7-9-19(10-8-18)13-6-5-12(16-17-13)15-14(20)11(2)3/h5-6,11H,4,7-10H2,1-3H3,(H,15,16,20). The molecule has 110 valence electrons. The lowest BCUT2D eigenvalue weighted by Crippen LogP contribution is -2.46. The number of likely N-dealkylation sites (N-methyl/N-ethyl adjacent to an activating group) is 1. The highest BCUT2D eigenvalue weighted by atomic mass is 16.1. The van der Waals surface area contributed by atoms with E-state index >= 15 is 0 Å². The van der Waals surface area contributed by atoms with Gasteiger partial charge < -0.3 is 15.1 Å². The minimum Gasteiger partial charge on any atom is -0.353 e. The molecule has 0 bridgehead atoms. The van der Waals surface area contributed by atoms with Crippen LogP contribution in [0.5, 0.6) is 0 Å². The van der Waals surface area contributed by atoms with Gasteiger partial charge in [-0.25, -0.2) is 0 Å². The molecule has 1 N–H and O–H groups in total. The van der Waals surface area contributed by atoms with Gasteiger partial charge in [-0.3, -0.25) is 4.79 Å². The van der Waals surface area contributed by atoms with Gasteiger partial charge in [-0.05, 0) is 18.7 Å². The number of aromatic nitrogens is 2. The molecule has 2 heterocycles. The summed E-state index contributed by atoms with van der Waals surface area (Å²) < 4.78 is 0. The SMILES string of the molecule is CCN1CCN(c2ccc(NC(=O)C(C)C)nn2)CC1. The van der Waals surface area contributed by atoms with E-state index in [2.05, 4.69) is 32.2 Å². The van der Waals surface area contributed by atoms with Crippen LogP contribution in [0.2, 0.25) is 0 Å². The number of amides is 1. The van der Waals surface area contributed by atoms with Crippen molar-refractivity contribution in [1.82, 2.24) is 15.1 Å². The fourth-order valence-electron chi connectivity index (χ4n) is 2.12. The van der Waals surface area contributed by atoms with Gasteiger partial charge in [-0.15, -0.1) is 10.2 Å². The van der Waals surface area contributed by atoms with E-state index in [0.29, 0.717) is 5.82 Å². The lowest BCUT2D eigenvalue weighted by Gasteiger charge is -2.34. The highest BCUT2D eigenvalue weighted by Crippen LogP contribution is 2.14. The molecule has 0 radical (unpaired) electrons. The summed E-state index contributed by atoms with van der Waals surface area (Å²) >= 11 is 0. The van der Waals surface area contributed by atoms with Crippen molar-refractivity contribution in [1.29, 1.82) is 0 Å². The number of piperazine rings is 1. The first-order valence-electron chi connectivity index (χ1n) is 7.22. The van der Waals surface area contributed by atoms with Crippen LogP contribution in [0.1, 0.15) is 20.8 Å². The molecule has 1 aromatic heterocycles. The molecule has 1 amide bonds. The van der Waals surface area contributed by atoms with Crippen molar-refractivity contribution in [2.75, 3.05) is 42.9 Å². The molecule has 0 spiro atoms. The van der Waals surface area contributed by atoms with Crippen LogP contribution >= 0.6 is 0 Å². The van der Waals surface area contributed by atoms with Crippen LogP contribution in [0.25, 0.3) is 0 Å². The Morgan fingerprint density at radius 2 is 1.95 bits per heavy atom. The molecular weight excluding hydrogens is 254 g/mol. The van der Waals surface area contributed by atoms with E-state index in [4.69, 9.17) is 0 Å². The lowest BCUT2D eigenvalue weighted by molar-refractivity contribution is -0.118. The molecule has 1 aliphatic heterocycles. The maximum atomic E-state index is 11.6. The topological polar surface area (TPSA) is 61.4 Å². The van der Waals surface area contributed by atoms with E-state index in [9.17, 15) is 4.79 Å². The Balaban J connectivity index is 1.93. The number of nitrogens with one attached hydrogen (secondary N) is 1. The Morgan fingerprint density at radius 1 is 1.25 bits per heavy atom. The van der Waals surface area contributed by atoms with Crippen molar-refractivity contribution in [3.8, 4) is 0 Å². The number of carbonyl (C=O) groups excluding carboxylic acids is 1. The van der Waals surface area contributed by atoms with Gasteiger partial charge >= 0.3 is 0 Å². The van der Waals surface area contributed by atoms with E-state index in [1.54, 1.807) is 0 Å². The normalized spacial score (nSPS) is 16.5. The van der Waals surface area contributed by atoms with Crippen molar-refractivity contribution in [2.45, 2.75) is 20.8 Å². The summed E-state index contributed by atoms with van der Waals surface area (Å²) in [6.07, 6.45) is 0. The van der Waals surface area contributed by atoms with Gasteiger partial charge in [0, 0.05) is 32.1 Å². The summed E-state index contributed by atoms with van der Waals surface area (Å²) in [5.41, 5.74) is 0. The molecule has 1 fully saturated rings. The molecular formula is C14H23N5O. The third-order valence-corrected chi connectivity index (χ3v) is 3.57. The molecule has 20 heavy (non-hydrogen) atoms. The zero-order valence-electron chi connectivity index (χ0n) is 12.5. The Kier molecular flexibility index (Phi) is 4.89. The quantitative estimate of drug-likeness (QED) is 0.896. The lowest BCUT2D eigenvalue weighted by atomic mass is 10.2. The van der Waals surface area contributed by atoms with Gasteiger partial charge in [-0.2, -0.15) is 0 Å². The smallest absolute Gasteiger partial charge is 0.228 e. The first-order chi connectivity index (χ1) is 9.60. The van der Waals surface area contributed by atoms with Crippen LogP contribution in [0.15, 0.2) is 12.1 Å². The molecule has 0 aliphatic carbocycles. The second-order valence-electron chi connectivity index (χ2n) is 5.34. The number of hydrogen-bond donors (Lipinski definition) is 1. The Bertz CT molecular complexity index is 437. The van der Waals surface area contributed by atoms with Gasteiger partial charge in [0.25, 0.3) is 0 Å². The Hall–Kier alpha value is -1.69. The van der Waals surface area contributed by atoms with E-state index in [0.717, 1.165) is 38.5 Å². The summed E-state index contributed by atoms with van der Waals surface area (Å²) in [7, 11) is 0. The van der Waals surface area contributed by atoms with Crippen molar-refractivity contribution >= 4 is 17.5 Å². The highest BCUT2D eigenvalue weighted by molar-refractivity contribution is 5.91. The molecule has 0 aromatic carbocycles. The Labute approximate surface area is 120 Å². The molecule has 1 aromatic rings. The molecule has 1 aliphatic rings. The number of hydrogen-bond acceptors (Lipinski definition) is 5. The number of nitrogens with zero attached hydrogens (tertiary/aromatic N) is 4. The van der Waals surface area contributed by atoms with Gasteiger partial charge in [0.2, 0.25) is 5.91 Å². The highest BCUT2D eigenvalue weighted by Gasteiger charge is 2.17. The first kappa shape index (κ1) is 14.7. The minimum atomic E-state index is -0.0569. The molecule has 0 atom stereocenters. The van der Waals surface area contributed by atoms with Gasteiger partial charge in [0.05, 0.1) is 0 Å². The van der Waals surface area contributed by atoms with E-state index in [1.165, 1.54) is 0 Å². The van der Waals surface area contributed by atoms with Crippen LogP contribution in [0.3, 0.4) is 0 Å². The summed E-state index contributed by atoms with van der Waals surface area (Å²) in [6, 6.07) is 3.74. The van der Waals surface area contributed by atoms with Crippen LogP contribution in [-0.2, 0) is 4.79 Å². The first-order valence-corrected chi connectivity index (χ1v) is 7.22. The summed E-state index contributed by atoms with van der Waals surface area (Å²) in [5.74, 6) is 1.30. The molecule has 6 nitrogen and oxygen atoms in total. The monoisotopic (exact) mass is 277 g/mol. The van der Waals surface area contributed by atoms with E-state index < -0.39 is 0 Å². The van der Waals surface area contributed by atoms with E-state index in [-0.39, 0.29) is 11.8 Å². The second-order valence-corrected chi connectivity index (χ2v) is 5.34. The minimum absolute atomic E-state index is 0.0383. The number of carbonyl (C=O) groups is 1. The van der Waals surface area contributed by atoms with Gasteiger partial charge in [0.1, 0.15) is 0 Å². The van der Waals surface area contributed by atoms with Gasteiger partial charge in [0.15, 0.2) is 11.6 Å². The zero-order valence-corrected chi connectivity index (χ0v) is 12.5.